The molecule has 0 aliphatic rings. The molecule has 0 bridgehead atoms. The maximum atomic E-state index is 8.49. The van der Waals surface area contributed by atoms with Gasteiger partial charge in [0.1, 0.15) is 0 Å². The van der Waals surface area contributed by atoms with Gasteiger partial charge in [-0.25, -0.2) is 23.1 Å². The maximum Gasteiger partial charge on any atom is 0.363 e. The van der Waals surface area contributed by atoms with Crippen molar-refractivity contribution in [3.63, 3.8) is 0 Å². The molecule has 0 aliphatic heterocycles. The van der Waals surface area contributed by atoms with Crippen molar-refractivity contribution in [2.75, 3.05) is 0 Å². The molecule has 0 saturated heterocycles. The zero-order chi connectivity index (χ0) is 18.3. The van der Waals surface area contributed by atoms with E-state index in [-0.39, 0.29) is 0 Å². The molecule has 0 saturated carbocycles. The van der Waals surface area contributed by atoms with Gasteiger partial charge in [-0.2, -0.15) is 0 Å². The van der Waals surface area contributed by atoms with E-state index in [2.05, 4.69) is 43.3 Å². The third-order valence-electron chi connectivity index (χ3n) is 3.41. The van der Waals surface area contributed by atoms with Gasteiger partial charge in [-0.05, 0) is 36.8 Å². The highest BCUT2D eigenvalue weighted by molar-refractivity contribution is 5.65. The topological polar surface area (TPSA) is 104 Å². The first-order valence-electron chi connectivity index (χ1n) is 7.57. The minimum atomic E-state index is -4.94. The minimum absolute atomic E-state index is 0.904. The summed E-state index contributed by atoms with van der Waals surface area (Å²) in [5.41, 5.74) is 3.46. The van der Waals surface area contributed by atoms with Crippen LogP contribution in [-0.2, 0) is 6.42 Å². The van der Waals surface area contributed by atoms with Gasteiger partial charge in [0.2, 0.25) is 0 Å². The molecule has 3 rings (SSSR count). The van der Waals surface area contributed by atoms with E-state index < -0.39 is 10.2 Å². The van der Waals surface area contributed by atoms with Crippen molar-refractivity contribution in [1.82, 2.24) is 0 Å². The zero-order valence-electron chi connectivity index (χ0n) is 13.6. The number of halogens is 1. The predicted octanol–water partition coefficient (Wildman–Crippen LogP) is 0.701. The van der Waals surface area contributed by atoms with E-state index in [0.29, 0.717) is 0 Å². The lowest BCUT2D eigenvalue weighted by molar-refractivity contribution is -2.00. The van der Waals surface area contributed by atoms with Gasteiger partial charge in [0.05, 0.1) is 16.7 Å². The second-order valence-corrected chi connectivity index (χ2v) is 5.87. The summed E-state index contributed by atoms with van der Waals surface area (Å²) in [6, 6.07) is 24.7. The largest absolute Gasteiger partial charge is 0.363 e. The summed E-state index contributed by atoms with van der Waals surface area (Å²) >= 11 is 0. The van der Waals surface area contributed by atoms with Crippen LogP contribution in [0.2, 0.25) is 0 Å². The molecule has 5 nitrogen and oxygen atoms in total. The molecule has 0 fully saturated rings. The Hall–Kier alpha value is -2.28. The van der Waals surface area contributed by atoms with Gasteiger partial charge in [-0.3, -0.25) is 0 Å². The molecule has 0 amide bonds. The van der Waals surface area contributed by atoms with E-state index in [1.165, 1.54) is 5.56 Å². The van der Waals surface area contributed by atoms with E-state index in [1.54, 1.807) is 0 Å². The lowest BCUT2D eigenvalue weighted by Crippen LogP contribution is -2.68. The molecule has 25 heavy (non-hydrogen) atoms. The molecule has 1 heterocycles. The summed E-state index contributed by atoms with van der Waals surface area (Å²) in [4.78, 5) is 0. The van der Waals surface area contributed by atoms with Crippen LogP contribution in [0.1, 0.15) is 12.5 Å². The molecule has 3 aromatic rings. The highest BCUT2D eigenvalue weighted by Gasteiger charge is 2.20. The van der Waals surface area contributed by atoms with Crippen molar-refractivity contribution in [3.05, 3.63) is 78.4 Å². The average Bonchev–Trinajstić information content (AvgIpc) is 2.61. The fourth-order valence-corrected chi connectivity index (χ4v) is 2.33. The fraction of sp³-hybridized carbons (Fsp3) is 0.105. The Bertz CT molecular complexity index is 780. The average molecular weight is 361 g/mol. The summed E-state index contributed by atoms with van der Waals surface area (Å²) in [5, 5.41) is 0. The van der Waals surface area contributed by atoms with E-state index >= 15 is 0 Å². The number of benzene rings is 2. The third-order valence-corrected chi connectivity index (χ3v) is 3.41. The van der Waals surface area contributed by atoms with Crippen LogP contribution in [0.15, 0.2) is 77.2 Å². The molecule has 0 atom stereocenters. The molecule has 130 valence electrons. The Morgan fingerprint density at radius 3 is 1.68 bits per heavy atom. The van der Waals surface area contributed by atoms with E-state index in [4.69, 9.17) is 23.1 Å². The molecule has 0 radical (unpaired) electrons. The van der Waals surface area contributed by atoms with E-state index in [1.807, 2.05) is 36.4 Å². The third kappa shape index (κ3) is 6.26. The molecular weight excluding hydrogens is 344 g/mol. The number of hydrogen-bond acceptors (Lipinski definition) is 4. The van der Waals surface area contributed by atoms with Crippen molar-refractivity contribution >= 4 is 0 Å². The Labute approximate surface area is 148 Å². The lowest BCUT2D eigenvalue weighted by atomic mass is 10.0. The van der Waals surface area contributed by atoms with E-state index in [0.717, 1.165) is 29.1 Å². The molecule has 0 unspecified atom stereocenters. The van der Waals surface area contributed by atoms with Crippen LogP contribution >= 0.6 is 0 Å². The summed E-state index contributed by atoms with van der Waals surface area (Å²) in [6.07, 6.45) is 0.961. The Morgan fingerprint density at radius 2 is 1.20 bits per heavy atom. The van der Waals surface area contributed by atoms with Crippen LogP contribution in [0.25, 0.3) is 22.6 Å². The Kier molecular flexibility index (Phi) is 6.64. The highest BCUT2D eigenvalue weighted by atomic mass is 35.7. The van der Waals surface area contributed by atoms with Crippen LogP contribution in [0.3, 0.4) is 0 Å². The molecule has 2 aromatic carbocycles. The van der Waals surface area contributed by atoms with Crippen LogP contribution < -0.4 is 18.6 Å². The summed E-state index contributed by atoms with van der Waals surface area (Å²) in [5.74, 6) is 1.87. The normalized spacial score (nSPS) is 10.8. The highest BCUT2D eigenvalue weighted by Crippen LogP contribution is 2.29. The second kappa shape index (κ2) is 8.71. The molecule has 0 N–H and O–H groups in total. The number of rotatable bonds is 3. The molecule has 0 aliphatic carbocycles. The molecule has 6 heteroatoms. The van der Waals surface area contributed by atoms with Crippen molar-refractivity contribution in [2.45, 2.75) is 13.3 Å². The van der Waals surface area contributed by atoms with Gasteiger partial charge in [0, 0.05) is 6.07 Å². The number of hydrogen-bond donors (Lipinski definition) is 0. The van der Waals surface area contributed by atoms with Crippen LogP contribution in [0.4, 0.5) is 0 Å². The van der Waals surface area contributed by atoms with Crippen molar-refractivity contribution in [3.8, 4) is 22.6 Å². The zero-order valence-corrected chi connectivity index (χ0v) is 14.3. The smallest absolute Gasteiger partial charge is 0.222 e. The van der Waals surface area contributed by atoms with Gasteiger partial charge in [-0.15, -0.1) is 10.2 Å². The van der Waals surface area contributed by atoms with Crippen LogP contribution in [0, 0.1) is 10.2 Å². The van der Waals surface area contributed by atoms with Gasteiger partial charge >= 0.3 is 11.5 Å². The second-order valence-electron chi connectivity index (χ2n) is 5.12. The fourth-order valence-electron chi connectivity index (χ4n) is 2.33. The molecule has 0 spiro atoms. The molecular formula is C19H17ClO5. The van der Waals surface area contributed by atoms with Crippen molar-refractivity contribution < 1.29 is 33.3 Å². The maximum absolute atomic E-state index is 8.49. The first kappa shape index (κ1) is 19.1. The SMILES string of the molecule is CCc1ccc(-c2ccccc2)[o+]c1-c1ccccc1.[O-][Cl+3]([O-])([O-])[O-]. The summed E-state index contributed by atoms with van der Waals surface area (Å²) in [7, 11) is -4.94. The van der Waals surface area contributed by atoms with Gasteiger partial charge in [0.15, 0.2) is 0 Å². The summed E-state index contributed by atoms with van der Waals surface area (Å²) < 4.78 is 40.1. The van der Waals surface area contributed by atoms with Gasteiger partial charge in [0.25, 0.3) is 0 Å². The summed E-state index contributed by atoms with van der Waals surface area (Å²) in [6.45, 7) is 2.15. The molecule has 1 aromatic heterocycles. The Morgan fingerprint density at radius 1 is 0.720 bits per heavy atom. The predicted molar refractivity (Wildman–Crippen MR) is 83.4 cm³/mol. The minimum Gasteiger partial charge on any atom is -0.222 e. The first-order chi connectivity index (χ1) is 11.9. The lowest BCUT2D eigenvalue weighted by Gasteiger charge is -2.17. The van der Waals surface area contributed by atoms with Crippen molar-refractivity contribution in [1.29, 1.82) is 0 Å². The quantitative estimate of drug-likeness (QED) is 0.639. The number of aryl methyl sites for hydroxylation is 1. The van der Waals surface area contributed by atoms with Crippen molar-refractivity contribution in [2.24, 2.45) is 0 Å². The monoisotopic (exact) mass is 360 g/mol. The first-order valence-corrected chi connectivity index (χ1v) is 8.80. The van der Waals surface area contributed by atoms with Gasteiger partial charge in [-0.1, -0.05) is 43.3 Å². The van der Waals surface area contributed by atoms with Crippen LogP contribution in [0.5, 0.6) is 0 Å². The van der Waals surface area contributed by atoms with Gasteiger partial charge < -0.3 is 0 Å². The van der Waals surface area contributed by atoms with Crippen LogP contribution in [-0.4, -0.2) is 0 Å². The Balaban J connectivity index is 0.000000399. The standard InChI is InChI=1S/C19H17O.ClHO4/c1-2-15-13-14-18(16-9-5-3-6-10-16)20-19(15)17-11-7-4-8-12-17;2-1(3,4)5/h3-14H,2H2,1H3;(H,2,3,4,5)/q+1;/p-1. The van der Waals surface area contributed by atoms with E-state index in [9.17, 15) is 0 Å².